The summed E-state index contributed by atoms with van der Waals surface area (Å²) in [6.45, 7) is 1.98. The van der Waals surface area contributed by atoms with Gasteiger partial charge in [-0.1, -0.05) is 19.1 Å². The van der Waals surface area contributed by atoms with E-state index in [9.17, 15) is 13.2 Å². The van der Waals surface area contributed by atoms with Crippen molar-refractivity contribution in [3.8, 4) is 0 Å². The Morgan fingerprint density at radius 3 is 2.57 bits per heavy atom. The summed E-state index contributed by atoms with van der Waals surface area (Å²) in [5.74, 6) is -0.343. The Morgan fingerprint density at radius 2 is 1.95 bits per heavy atom. The van der Waals surface area contributed by atoms with Crippen molar-refractivity contribution in [1.82, 2.24) is 4.72 Å². The lowest BCUT2D eigenvalue weighted by molar-refractivity contribution is 0.103. The molecule has 1 aromatic carbocycles. The van der Waals surface area contributed by atoms with E-state index in [0.29, 0.717) is 4.88 Å². The van der Waals surface area contributed by atoms with Gasteiger partial charge in [0.1, 0.15) is 4.90 Å². The topological polar surface area (TPSA) is 75.3 Å². The predicted molar refractivity (Wildman–Crippen MR) is 87.3 cm³/mol. The number of benzene rings is 1. The van der Waals surface area contributed by atoms with Gasteiger partial charge in [0, 0.05) is 6.54 Å². The normalized spacial score (nSPS) is 11.3. The number of hydrogen-bond acceptors (Lipinski definition) is 4. The number of carbonyl (C=O) groups excluding carboxylic acids is 1. The predicted octanol–water partition coefficient (Wildman–Crippen LogP) is 3.06. The summed E-state index contributed by atoms with van der Waals surface area (Å²) in [6.07, 6.45) is 0. The van der Waals surface area contributed by atoms with Gasteiger partial charge in [0.2, 0.25) is 10.0 Å². The fourth-order valence-electron chi connectivity index (χ4n) is 1.69. The molecular weight excluding hydrogens is 376 g/mol. The minimum absolute atomic E-state index is 0.0517. The van der Waals surface area contributed by atoms with Crippen LogP contribution in [0.15, 0.2) is 45.1 Å². The largest absolute Gasteiger partial charge is 0.320 e. The van der Waals surface area contributed by atoms with Crippen LogP contribution in [0.1, 0.15) is 16.6 Å². The van der Waals surface area contributed by atoms with Crippen molar-refractivity contribution >= 4 is 48.9 Å². The van der Waals surface area contributed by atoms with E-state index in [-0.39, 0.29) is 23.0 Å². The summed E-state index contributed by atoms with van der Waals surface area (Å²) in [6, 6.07) is 9.74. The van der Waals surface area contributed by atoms with Crippen molar-refractivity contribution in [1.29, 1.82) is 0 Å². The Morgan fingerprint density at radius 1 is 1.24 bits per heavy atom. The van der Waals surface area contributed by atoms with Crippen molar-refractivity contribution in [3.05, 3.63) is 45.1 Å². The molecule has 0 fully saturated rings. The summed E-state index contributed by atoms with van der Waals surface area (Å²) in [4.78, 5) is 12.7. The van der Waals surface area contributed by atoms with E-state index in [0.717, 1.165) is 3.79 Å². The van der Waals surface area contributed by atoms with Crippen molar-refractivity contribution in [2.45, 2.75) is 11.8 Å². The number of carbonyl (C=O) groups is 1. The first-order chi connectivity index (χ1) is 9.94. The van der Waals surface area contributed by atoms with E-state index in [1.165, 1.54) is 17.4 Å². The van der Waals surface area contributed by atoms with E-state index < -0.39 is 10.0 Å². The molecule has 1 aromatic heterocycles. The van der Waals surface area contributed by atoms with Gasteiger partial charge in [-0.3, -0.25) is 4.79 Å². The lowest BCUT2D eigenvalue weighted by Gasteiger charge is -2.11. The Balaban J connectivity index is 2.31. The van der Waals surface area contributed by atoms with Crippen LogP contribution in [0.25, 0.3) is 0 Å². The summed E-state index contributed by atoms with van der Waals surface area (Å²) < 4.78 is 27.5. The van der Waals surface area contributed by atoms with Crippen molar-refractivity contribution in [2.24, 2.45) is 0 Å². The van der Waals surface area contributed by atoms with Gasteiger partial charge < -0.3 is 5.32 Å². The summed E-state index contributed by atoms with van der Waals surface area (Å²) in [5, 5.41) is 2.64. The number of thiophene rings is 1. The third kappa shape index (κ3) is 3.91. The van der Waals surface area contributed by atoms with Crippen LogP contribution in [0.3, 0.4) is 0 Å². The van der Waals surface area contributed by atoms with Gasteiger partial charge in [-0.15, -0.1) is 11.3 Å². The maximum Gasteiger partial charge on any atom is 0.265 e. The van der Waals surface area contributed by atoms with Gasteiger partial charge in [-0.25, -0.2) is 13.1 Å². The average molecular weight is 389 g/mol. The molecule has 21 heavy (non-hydrogen) atoms. The number of amides is 1. The van der Waals surface area contributed by atoms with Gasteiger partial charge in [-0.05, 0) is 40.2 Å². The molecular formula is C13H13BrN2O3S2. The molecule has 2 aromatic rings. The molecule has 8 heteroatoms. The standard InChI is InChI=1S/C13H13BrN2O3S2/c1-2-15-21(18,19)11-6-4-3-5-9(11)16-13(17)10-7-8-12(14)20-10/h3-8,15H,2H2,1H3,(H,16,17). The quantitative estimate of drug-likeness (QED) is 0.826. The third-order valence-corrected chi connectivity index (χ3v) is 5.78. The van der Waals surface area contributed by atoms with Crippen molar-refractivity contribution in [2.75, 3.05) is 11.9 Å². The molecule has 0 aliphatic carbocycles. The first-order valence-electron chi connectivity index (χ1n) is 6.09. The van der Waals surface area contributed by atoms with Crippen molar-refractivity contribution in [3.63, 3.8) is 0 Å². The first kappa shape index (κ1) is 16.2. The Hall–Kier alpha value is -1.22. The fraction of sp³-hybridized carbons (Fsp3) is 0.154. The van der Waals surface area contributed by atoms with Crippen LogP contribution < -0.4 is 10.0 Å². The number of anilines is 1. The van der Waals surface area contributed by atoms with Crippen LogP contribution in [0.4, 0.5) is 5.69 Å². The lowest BCUT2D eigenvalue weighted by atomic mass is 10.3. The second-order valence-corrected chi connectivity index (χ2v) is 8.25. The maximum atomic E-state index is 12.1. The zero-order valence-corrected chi connectivity index (χ0v) is 14.3. The zero-order valence-electron chi connectivity index (χ0n) is 11.1. The van der Waals surface area contributed by atoms with Crippen molar-refractivity contribution < 1.29 is 13.2 Å². The minimum Gasteiger partial charge on any atom is -0.320 e. The number of nitrogens with one attached hydrogen (secondary N) is 2. The maximum absolute atomic E-state index is 12.1. The molecule has 5 nitrogen and oxygen atoms in total. The number of para-hydroxylation sites is 1. The number of rotatable bonds is 5. The van der Waals surface area contributed by atoms with Gasteiger partial charge >= 0.3 is 0 Å². The van der Waals surface area contributed by atoms with Crippen LogP contribution in [0, 0.1) is 0 Å². The van der Waals surface area contributed by atoms with Gasteiger partial charge in [0.15, 0.2) is 0 Å². The second kappa shape index (κ2) is 6.69. The van der Waals surface area contributed by atoms with Gasteiger partial charge in [0.25, 0.3) is 5.91 Å². The second-order valence-electron chi connectivity index (χ2n) is 4.06. The molecule has 0 spiro atoms. The molecule has 1 heterocycles. The molecule has 0 aliphatic rings. The van der Waals surface area contributed by atoms with Crippen LogP contribution in [0.5, 0.6) is 0 Å². The number of halogens is 1. The third-order valence-electron chi connectivity index (χ3n) is 2.56. The minimum atomic E-state index is -3.63. The molecule has 2 rings (SSSR count). The van der Waals surface area contributed by atoms with E-state index in [4.69, 9.17) is 0 Å². The Kier molecular flexibility index (Phi) is 5.15. The SMILES string of the molecule is CCNS(=O)(=O)c1ccccc1NC(=O)c1ccc(Br)s1. The zero-order chi connectivity index (χ0) is 15.5. The Labute approximate surface area is 135 Å². The highest BCUT2D eigenvalue weighted by Crippen LogP contribution is 2.25. The van der Waals surface area contributed by atoms with Gasteiger partial charge in [-0.2, -0.15) is 0 Å². The van der Waals surface area contributed by atoms with Gasteiger partial charge in [0.05, 0.1) is 14.4 Å². The first-order valence-corrected chi connectivity index (χ1v) is 9.18. The van der Waals surface area contributed by atoms with E-state index >= 15 is 0 Å². The molecule has 0 saturated heterocycles. The number of sulfonamides is 1. The molecule has 0 unspecified atom stereocenters. The molecule has 0 radical (unpaired) electrons. The van der Waals surface area contributed by atoms with Crippen LogP contribution in [0.2, 0.25) is 0 Å². The van der Waals surface area contributed by atoms with E-state index in [2.05, 4.69) is 26.0 Å². The van der Waals surface area contributed by atoms with E-state index in [1.54, 1.807) is 37.3 Å². The molecule has 0 bridgehead atoms. The summed E-state index contributed by atoms with van der Waals surface area (Å²) in [7, 11) is -3.63. The molecule has 0 saturated carbocycles. The Bertz CT molecular complexity index is 756. The van der Waals surface area contributed by atoms with E-state index in [1.807, 2.05) is 0 Å². The fourth-order valence-corrected chi connectivity index (χ4v) is 4.18. The highest BCUT2D eigenvalue weighted by molar-refractivity contribution is 9.11. The monoisotopic (exact) mass is 388 g/mol. The highest BCUT2D eigenvalue weighted by atomic mass is 79.9. The average Bonchev–Trinajstić information content (AvgIpc) is 2.86. The summed E-state index contributed by atoms with van der Waals surface area (Å²) >= 11 is 4.56. The lowest BCUT2D eigenvalue weighted by Crippen LogP contribution is -2.25. The molecule has 1 amide bonds. The number of hydrogen-bond donors (Lipinski definition) is 2. The highest BCUT2D eigenvalue weighted by Gasteiger charge is 2.19. The van der Waals surface area contributed by atoms with Crippen LogP contribution in [-0.2, 0) is 10.0 Å². The molecule has 0 aliphatic heterocycles. The summed E-state index contributed by atoms with van der Waals surface area (Å²) in [5.41, 5.74) is 0.257. The molecule has 112 valence electrons. The van der Waals surface area contributed by atoms with Crippen LogP contribution >= 0.6 is 27.3 Å². The molecule has 0 atom stereocenters. The molecule has 2 N–H and O–H groups in total. The van der Waals surface area contributed by atoms with Crippen LogP contribution in [-0.4, -0.2) is 20.9 Å². The smallest absolute Gasteiger partial charge is 0.265 e.